The molecule has 1 fully saturated rings. The van der Waals surface area contributed by atoms with Crippen molar-refractivity contribution in [2.75, 3.05) is 6.54 Å². The van der Waals surface area contributed by atoms with Gasteiger partial charge >= 0.3 is 0 Å². The average molecular weight is 415 g/mol. The standard InChI is InChI=1S/C29H38N2/c1-20(2)21-10-12-25-22(16-21)11-13-27-28(3,14-7-15-29(25,27)4)19-30-17-23-18-31-26-9-6-5-8-24(23)26/h5-6,8-10,12,16,18,20,27,30-31H,7,11,13-15,17,19H2,1-4H3/t27-,28+,29-/m1/s1. The minimum atomic E-state index is 0.318. The largest absolute Gasteiger partial charge is 0.361 e. The number of hydrogen-bond acceptors (Lipinski definition) is 1. The summed E-state index contributed by atoms with van der Waals surface area (Å²) in [6, 6.07) is 16.0. The minimum Gasteiger partial charge on any atom is -0.361 e. The van der Waals surface area contributed by atoms with E-state index < -0.39 is 0 Å². The fourth-order valence-electron chi connectivity index (χ4n) is 6.98. The summed E-state index contributed by atoms with van der Waals surface area (Å²) in [5.41, 5.74) is 8.07. The minimum absolute atomic E-state index is 0.318. The number of aromatic nitrogens is 1. The highest BCUT2D eigenvalue weighted by Crippen LogP contribution is 2.57. The second-order valence-electron chi connectivity index (χ2n) is 11.1. The molecule has 3 atom stereocenters. The van der Waals surface area contributed by atoms with Crippen molar-refractivity contribution in [3.8, 4) is 0 Å². The van der Waals surface area contributed by atoms with E-state index in [-0.39, 0.29) is 0 Å². The topological polar surface area (TPSA) is 27.8 Å². The summed E-state index contributed by atoms with van der Waals surface area (Å²) in [4.78, 5) is 3.42. The zero-order valence-corrected chi connectivity index (χ0v) is 19.7. The molecule has 2 heteroatoms. The van der Waals surface area contributed by atoms with Crippen molar-refractivity contribution in [1.29, 1.82) is 0 Å². The Kier molecular flexibility index (Phi) is 5.25. The monoisotopic (exact) mass is 414 g/mol. The molecule has 0 aliphatic heterocycles. The molecule has 5 rings (SSSR count). The van der Waals surface area contributed by atoms with Crippen LogP contribution in [0.15, 0.2) is 48.7 Å². The third-order valence-electron chi connectivity index (χ3n) is 8.69. The Morgan fingerprint density at radius 2 is 1.94 bits per heavy atom. The van der Waals surface area contributed by atoms with Crippen LogP contribution in [0.25, 0.3) is 10.9 Å². The maximum absolute atomic E-state index is 3.87. The van der Waals surface area contributed by atoms with E-state index in [1.54, 1.807) is 11.1 Å². The van der Waals surface area contributed by atoms with Gasteiger partial charge in [0.25, 0.3) is 0 Å². The maximum atomic E-state index is 3.87. The van der Waals surface area contributed by atoms with Gasteiger partial charge in [-0.15, -0.1) is 0 Å². The van der Waals surface area contributed by atoms with Crippen molar-refractivity contribution < 1.29 is 0 Å². The van der Waals surface area contributed by atoms with E-state index in [9.17, 15) is 0 Å². The molecule has 3 aromatic rings. The summed E-state index contributed by atoms with van der Waals surface area (Å²) in [6.07, 6.45) is 8.76. The van der Waals surface area contributed by atoms with E-state index in [2.05, 4.69) is 86.7 Å². The van der Waals surface area contributed by atoms with Crippen molar-refractivity contribution in [3.63, 3.8) is 0 Å². The summed E-state index contributed by atoms with van der Waals surface area (Å²) >= 11 is 0. The van der Waals surface area contributed by atoms with Crippen molar-refractivity contribution in [3.05, 3.63) is 70.9 Å². The molecule has 164 valence electrons. The lowest BCUT2D eigenvalue weighted by atomic mass is 9.49. The number of aryl methyl sites for hydroxylation is 1. The predicted octanol–water partition coefficient (Wildman–Crippen LogP) is 7.09. The smallest absolute Gasteiger partial charge is 0.0457 e. The number of hydrogen-bond donors (Lipinski definition) is 2. The zero-order chi connectivity index (χ0) is 21.6. The Balaban J connectivity index is 1.35. The zero-order valence-electron chi connectivity index (χ0n) is 19.7. The number of nitrogens with one attached hydrogen (secondary N) is 2. The molecule has 2 nitrogen and oxygen atoms in total. The lowest BCUT2D eigenvalue weighted by molar-refractivity contribution is 0.0257. The van der Waals surface area contributed by atoms with Gasteiger partial charge in [0.05, 0.1) is 0 Å². The molecule has 0 amide bonds. The van der Waals surface area contributed by atoms with Gasteiger partial charge in [-0.05, 0) is 76.7 Å². The fourth-order valence-corrected chi connectivity index (χ4v) is 6.98. The quantitative estimate of drug-likeness (QED) is 0.458. The van der Waals surface area contributed by atoms with Crippen LogP contribution in [0, 0.1) is 11.3 Å². The second-order valence-corrected chi connectivity index (χ2v) is 11.1. The van der Waals surface area contributed by atoms with Crippen molar-refractivity contribution in [2.45, 2.75) is 77.7 Å². The molecule has 31 heavy (non-hydrogen) atoms. The van der Waals surface area contributed by atoms with Crippen molar-refractivity contribution in [1.82, 2.24) is 10.3 Å². The molecule has 1 heterocycles. The van der Waals surface area contributed by atoms with Gasteiger partial charge in [-0.25, -0.2) is 0 Å². The van der Waals surface area contributed by atoms with Gasteiger partial charge in [0, 0.05) is 30.2 Å². The van der Waals surface area contributed by atoms with Crippen LogP contribution in [0.1, 0.15) is 81.5 Å². The summed E-state index contributed by atoms with van der Waals surface area (Å²) in [5, 5.41) is 5.22. The second kappa shape index (κ2) is 7.81. The van der Waals surface area contributed by atoms with Crippen LogP contribution in [0.2, 0.25) is 0 Å². The van der Waals surface area contributed by atoms with E-state index in [1.807, 2.05) is 0 Å². The molecular weight excluding hydrogens is 376 g/mol. The number of para-hydroxylation sites is 1. The highest BCUT2D eigenvalue weighted by atomic mass is 14.9. The number of rotatable bonds is 5. The predicted molar refractivity (Wildman–Crippen MR) is 132 cm³/mol. The molecule has 0 spiro atoms. The molecule has 1 aromatic heterocycles. The summed E-state index contributed by atoms with van der Waals surface area (Å²) in [5.74, 6) is 1.36. The number of aromatic amines is 1. The third-order valence-corrected chi connectivity index (χ3v) is 8.69. The van der Waals surface area contributed by atoms with Gasteiger partial charge in [-0.2, -0.15) is 0 Å². The highest BCUT2D eigenvalue weighted by Gasteiger charge is 2.51. The SMILES string of the molecule is CC(C)c1ccc2c(c1)CC[C@@H]1[C@](C)(CNCc3c[nH]c4ccccc34)CCC[C@]21C. The third kappa shape index (κ3) is 3.53. The summed E-state index contributed by atoms with van der Waals surface area (Å²) in [6.45, 7) is 11.8. The summed E-state index contributed by atoms with van der Waals surface area (Å²) < 4.78 is 0. The van der Waals surface area contributed by atoms with Crippen LogP contribution in [0.5, 0.6) is 0 Å². The Morgan fingerprint density at radius 3 is 2.77 bits per heavy atom. The average Bonchev–Trinajstić information content (AvgIpc) is 3.16. The summed E-state index contributed by atoms with van der Waals surface area (Å²) in [7, 11) is 0. The maximum Gasteiger partial charge on any atom is 0.0457 e. The van der Waals surface area contributed by atoms with Crippen molar-refractivity contribution in [2.24, 2.45) is 11.3 Å². The number of benzene rings is 2. The van der Waals surface area contributed by atoms with Crippen LogP contribution in [-0.2, 0) is 18.4 Å². The molecule has 0 bridgehead atoms. The van der Waals surface area contributed by atoms with Crippen LogP contribution >= 0.6 is 0 Å². The van der Waals surface area contributed by atoms with E-state index in [1.165, 1.54) is 54.1 Å². The van der Waals surface area contributed by atoms with Gasteiger partial charge in [0.2, 0.25) is 0 Å². The first-order valence-corrected chi connectivity index (χ1v) is 12.3. The lowest BCUT2D eigenvalue weighted by Crippen LogP contribution is -2.52. The molecule has 2 aromatic carbocycles. The molecule has 2 N–H and O–H groups in total. The normalized spacial score (nSPS) is 28.0. The Labute approximate surface area is 187 Å². The Morgan fingerprint density at radius 1 is 1.10 bits per heavy atom. The molecule has 0 unspecified atom stereocenters. The van der Waals surface area contributed by atoms with E-state index in [0.717, 1.165) is 19.0 Å². The Hall–Kier alpha value is -2.06. The van der Waals surface area contributed by atoms with Gasteiger partial charge in [-0.3, -0.25) is 0 Å². The number of fused-ring (bicyclic) bond motifs is 4. The van der Waals surface area contributed by atoms with Crippen LogP contribution in [0.3, 0.4) is 0 Å². The molecule has 2 aliphatic rings. The first kappa shape index (κ1) is 20.8. The van der Waals surface area contributed by atoms with Crippen LogP contribution < -0.4 is 5.32 Å². The van der Waals surface area contributed by atoms with Crippen LogP contribution in [0.4, 0.5) is 0 Å². The molecular formula is C29H38N2. The van der Waals surface area contributed by atoms with Crippen LogP contribution in [-0.4, -0.2) is 11.5 Å². The van der Waals surface area contributed by atoms with Gasteiger partial charge in [0.1, 0.15) is 0 Å². The first-order chi connectivity index (χ1) is 14.9. The Bertz CT molecular complexity index is 1080. The van der Waals surface area contributed by atoms with Gasteiger partial charge in [0.15, 0.2) is 0 Å². The van der Waals surface area contributed by atoms with Gasteiger partial charge in [-0.1, -0.05) is 70.5 Å². The molecule has 2 aliphatic carbocycles. The fraction of sp³-hybridized carbons (Fsp3) is 0.517. The molecule has 0 saturated heterocycles. The van der Waals surface area contributed by atoms with Gasteiger partial charge < -0.3 is 10.3 Å². The van der Waals surface area contributed by atoms with E-state index in [0.29, 0.717) is 16.7 Å². The molecule has 0 radical (unpaired) electrons. The first-order valence-electron chi connectivity index (χ1n) is 12.3. The van der Waals surface area contributed by atoms with Crippen molar-refractivity contribution >= 4 is 10.9 Å². The molecule has 1 saturated carbocycles. The highest BCUT2D eigenvalue weighted by molar-refractivity contribution is 5.82. The number of H-pyrrole nitrogens is 1. The van der Waals surface area contributed by atoms with E-state index in [4.69, 9.17) is 0 Å². The lowest BCUT2D eigenvalue weighted by Gasteiger charge is -2.55. The van der Waals surface area contributed by atoms with E-state index >= 15 is 0 Å².